The molecule has 138 valence electrons. The van der Waals surface area contributed by atoms with E-state index in [4.69, 9.17) is 16.3 Å². The number of carbonyl (C=O) groups is 2. The molecule has 0 aliphatic carbocycles. The Morgan fingerprint density at radius 1 is 1.32 bits per heavy atom. The van der Waals surface area contributed by atoms with Crippen LogP contribution in [0.4, 0.5) is 4.79 Å². The molecule has 1 aliphatic rings. The zero-order valence-corrected chi connectivity index (χ0v) is 15.3. The van der Waals surface area contributed by atoms with E-state index >= 15 is 0 Å². The molecule has 1 fully saturated rings. The lowest BCUT2D eigenvalue weighted by atomic mass is 10.1. The number of carbonyl (C=O) groups excluding carboxylic acids is 2. The van der Waals surface area contributed by atoms with E-state index in [1.54, 1.807) is 11.8 Å². The summed E-state index contributed by atoms with van der Waals surface area (Å²) in [6.45, 7) is 4.42. The van der Waals surface area contributed by atoms with Crippen LogP contribution < -0.4 is 10.6 Å². The first-order valence-corrected chi connectivity index (χ1v) is 9.12. The Bertz CT molecular complexity index is 574. The van der Waals surface area contributed by atoms with Crippen molar-refractivity contribution in [2.45, 2.75) is 32.2 Å². The number of nitrogens with one attached hydrogen (secondary N) is 2. The zero-order chi connectivity index (χ0) is 18.1. The number of ether oxygens (including phenoxy) is 1. The van der Waals surface area contributed by atoms with Crippen LogP contribution in [-0.2, 0) is 16.0 Å². The lowest BCUT2D eigenvalue weighted by Crippen LogP contribution is -2.48. The van der Waals surface area contributed by atoms with Gasteiger partial charge in [0.15, 0.2) is 0 Å². The Balaban J connectivity index is 1.59. The minimum Gasteiger partial charge on any atom is -0.450 e. The molecule has 0 unspecified atom stereocenters. The Morgan fingerprint density at radius 3 is 2.76 bits per heavy atom. The number of hydrogen-bond acceptors (Lipinski definition) is 4. The van der Waals surface area contributed by atoms with Gasteiger partial charge in [0, 0.05) is 24.2 Å². The molecule has 6 nitrogen and oxygen atoms in total. The molecule has 0 spiro atoms. The molecule has 0 atom stereocenters. The number of halogens is 1. The van der Waals surface area contributed by atoms with E-state index in [2.05, 4.69) is 10.6 Å². The van der Waals surface area contributed by atoms with Gasteiger partial charge in [-0.15, -0.1) is 0 Å². The molecular formula is C18H26ClN3O3. The Labute approximate surface area is 153 Å². The summed E-state index contributed by atoms with van der Waals surface area (Å²) in [6.07, 6.45) is 2.07. The molecule has 1 heterocycles. The van der Waals surface area contributed by atoms with Crippen LogP contribution in [-0.4, -0.2) is 55.7 Å². The van der Waals surface area contributed by atoms with Crippen LogP contribution in [0.15, 0.2) is 24.3 Å². The fourth-order valence-corrected chi connectivity index (χ4v) is 3.04. The number of nitrogens with zero attached hydrogens (tertiary/aromatic N) is 1. The van der Waals surface area contributed by atoms with E-state index in [9.17, 15) is 9.59 Å². The van der Waals surface area contributed by atoms with Crippen LogP contribution in [0.25, 0.3) is 0 Å². The van der Waals surface area contributed by atoms with E-state index in [1.807, 2.05) is 24.3 Å². The van der Waals surface area contributed by atoms with Crippen molar-refractivity contribution in [2.24, 2.45) is 0 Å². The molecule has 2 rings (SSSR count). The third-order valence-electron chi connectivity index (χ3n) is 4.15. The summed E-state index contributed by atoms with van der Waals surface area (Å²) in [5.41, 5.74) is 1.15. The summed E-state index contributed by atoms with van der Waals surface area (Å²) in [6, 6.07) is 7.84. The predicted molar refractivity (Wildman–Crippen MR) is 97.8 cm³/mol. The molecule has 0 radical (unpaired) electrons. The van der Waals surface area contributed by atoms with Gasteiger partial charge in [-0.2, -0.15) is 0 Å². The van der Waals surface area contributed by atoms with Gasteiger partial charge in [0.1, 0.15) is 0 Å². The van der Waals surface area contributed by atoms with Gasteiger partial charge >= 0.3 is 6.09 Å². The lowest BCUT2D eigenvalue weighted by molar-refractivity contribution is -0.121. The van der Waals surface area contributed by atoms with Crippen molar-refractivity contribution in [1.82, 2.24) is 15.5 Å². The average molecular weight is 368 g/mol. The fraction of sp³-hybridized carbons (Fsp3) is 0.556. The highest BCUT2D eigenvalue weighted by molar-refractivity contribution is 6.30. The molecular weight excluding hydrogens is 342 g/mol. The predicted octanol–water partition coefficient (Wildman–Crippen LogP) is 2.21. The molecule has 2 N–H and O–H groups in total. The van der Waals surface area contributed by atoms with E-state index in [-0.39, 0.29) is 18.0 Å². The first-order chi connectivity index (χ1) is 12.1. The second-order valence-electron chi connectivity index (χ2n) is 6.08. The van der Waals surface area contributed by atoms with Crippen LogP contribution >= 0.6 is 11.6 Å². The van der Waals surface area contributed by atoms with Crippen LogP contribution in [0, 0.1) is 0 Å². The van der Waals surface area contributed by atoms with Crippen LogP contribution in [0.2, 0.25) is 5.02 Å². The normalized spacial score (nSPS) is 15.0. The van der Waals surface area contributed by atoms with Crippen molar-refractivity contribution in [1.29, 1.82) is 0 Å². The third-order valence-corrected chi connectivity index (χ3v) is 4.39. The number of hydrogen-bond donors (Lipinski definition) is 2. The van der Waals surface area contributed by atoms with Crippen molar-refractivity contribution >= 4 is 23.6 Å². The van der Waals surface area contributed by atoms with Crippen molar-refractivity contribution in [3.63, 3.8) is 0 Å². The molecule has 1 saturated heterocycles. The van der Waals surface area contributed by atoms with Crippen molar-refractivity contribution in [2.75, 3.05) is 32.8 Å². The Hall–Kier alpha value is -1.79. The average Bonchev–Trinajstić information content (AvgIpc) is 2.60. The molecule has 1 aliphatic heterocycles. The highest BCUT2D eigenvalue weighted by atomic mass is 35.5. The van der Waals surface area contributed by atoms with Crippen LogP contribution in [0.5, 0.6) is 0 Å². The Morgan fingerprint density at radius 2 is 2.08 bits per heavy atom. The van der Waals surface area contributed by atoms with Crippen molar-refractivity contribution < 1.29 is 14.3 Å². The summed E-state index contributed by atoms with van der Waals surface area (Å²) in [5, 5.41) is 6.89. The molecule has 0 bridgehead atoms. The standard InChI is InChI=1S/C18H26ClN3O3/c1-2-25-18(24)22-10-7-16(8-11-22)21-17(23)13-20-9-6-14-4-3-5-15(19)12-14/h3-5,12,16,20H,2,6-11,13H2,1H3,(H,21,23). The van der Waals surface area contributed by atoms with Crippen LogP contribution in [0.1, 0.15) is 25.3 Å². The monoisotopic (exact) mass is 367 g/mol. The summed E-state index contributed by atoms with van der Waals surface area (Å²) in [7, 11) is 0. The first-order valence-electron chi connectivity index (χ1n) is 8.74. The number of piperidine rings is 1. The maximum Gasteiger partial charge on any atom is 0.409 e. The summed E-state index contributed by atoms with van der Waals surface area (Å²) in [4.78, 5) is 25.3. The largest absolute Gasteiger partial charge is 0.450 e. The van der Waals surface area contributed by atoms with Gasteiger partial charge in [-0.25, -0.2) is 4.79 Å². The first kappa shape index (κ1) is 19.5. The minimum absolute atomic E-state index is 0.0133. The number of amides is 2. The van der Waals surface area contributed by atoms with Crippen molar-refractivity contribution in [3.8, 4) is 0 Å². The maximum atomic E-state index is 12.0. The molecule has 25 heavy (non-hydrogen) atoms. The zero-order valence-electron chi connectivity index (χ0n) is 14.6. The summed E-state index contributed by atoms with van der Waals surface area (Å²) in [5.74, 6) is -0.0133. The third kappa shape index (κ3) is 6.92. The molecule has 1 aromatic carbocycles. The molecule has 7 heteroatoms. The van der Waals surface area contributed by atoms with Gasteiger partial charge in [-0.1, -0.05) is 23.7 Å². The van der Waals surface area contributed by atoms with Gasteiger partial charge < -0.3 is 20.3 Å². The Kier molecular flexibility index (Phi) is 8.01. The minimum atomic E-state index is -0.269. The number of benzene rings is 1. The highest BCUT2D eigenvalue weighted by Gasteiger charge is 2.24. The maximum absolute atomic E-state index is 12.0. The second-order valence-corrected chi connectivity index (χ2v) is 6.52. The lowest BCUT2D eigenvalue weighted by Gasteiger charge is -2.31. The molecule has 0 saturated carbocycles. The van der Waals surface area contributed by atoms with Crippen molar-refractivity contribution in [3.05, 3.63) is 34.9 Å². The molecule has 1 aromatic rings. The van der Waals surface area contributed by atoms with E-state index in [0.717, 1.165) is 36.4 Å². The summed E-state index contributed by atoms with van der Waals surface area (Å²) >= 11 is 5.95. The number of rotatable bonds is 7. The van der Waals surface area contributed by atoms with Crippen LogP contribution in [0.3, 0.4) is 0 Å². The smallest absolute Gasteiger partial charge is 0.409 e. The van der Waals surface area contributed by atoms with Gasteiger partial charge in [0.2, 0.25) is 5.91 Å². The molecule has 2 amide bonds. The summed E-state index contributed by atoms with van der Waals surface area (Å²) < 4.78 is 4.99. The SMILES string of the molecule is CCOC(=O)N1CCC(NC(=O)CNCCc2cccc(Cl)c2)CC1. The van der Waals surface area contributed by atoms with Gasteiger partial charge in [0.05, 0.1) is 13.2 Å². The second kappa shape index (κ2) is 10.3. The topological polar surface area (TPSA) is 70.7 Å². The van der Waals surface area contributed by atoms with Gasteiger partial charge in [-0.3, -0.25) is 4.79 Å². The molecule has 0 aromatic heterocycles. The number of likely N-dealkylation sites (tertiary alicyclic amines) is 1. The quantitative estimate of drug-likeness (QED) is 0.725. The highest BCUT2D eigenvalue weighted by Crippen LogP contribution is 2.12. The van der Waals surface area contributed by atoms with Gasteiger partial charge in [-0.05, 0) is 50.4 Å². The fourth-order valence-electron chi connectivity index (χ4n) is 2.83. The van der Waals surface area contributed by atoms with E-state index < -0.39 is 0 Å². The van der Waals surface area contributed by atoms with E-state index in [1.165, 1.54) is 0 Å². The van der Waals surface area contributed by atoms with Gasteiger partial charge in [0.25, 0.3) is 0 Å². The van der Waals surface area contributed by atoms with E-state index in [0.29, 0.717) is 26.2 Å².